The molecule has 1 aliphatic rings. The van der Waals surface area contributed by atoms with E-state index in [4.69, 9.17) is 14.7 Å². The van der Waals surface area contributed by atoms with Crippen LogP contribution in [0.5, 0.6) is 5.88 Å². The van der Waals surface area contributed by atoms with Crippen LogP contribution in [0.1, 0.15) is 12.8 Å². The van der Waals surface area contributed by atoms with Gasteiger partial charge in [0.25, 0.3) is 0 Å². The van der Waals surface area contributed by atoms with Crippen LogP contribution < -0.4 is 15.0 Å². The van der Waals surface area contributed by atoms with Gasteiger partial charge in [-0.3, -0.25) is 4.79 Å². The fourth-order valence-corrected chi connectivity index (χ4v) is 3.47. The molecule has 2 aromatic heterocycles. The second kappa shape index (κ2) is 7.42. The molecule has 9 heteroatoms. The van der Waals surface area contributed by atoms with Gasteiger partial charge < -0.3 is 19.7 Å². The summed E-state index contributed by atoms with van der Waals surface area (Å²) in [6, 6.07) is 1.95. The van der Waals surface area contributed by atoms with Gasteiger partial charge in [0.05, 0.1) is 43.0 Å². The molecule has 0 atom stereocenters. The number of nitrogens with one attached hydrogen (secondary N) is 1. The van der Waals surface area contributed by atoms with E-state index in [-0.39, 0.29) is 18.7 Å². The Morgan fingerprint density at radius 1 is 1.54 bits per heavy atom. The number of morpholine rings is 1. The van der Waals surface area contributed by atoms with Crippen molar-refractivity contribution in [3.8, 4) is 11.9 Å². The summed E-state index contributed by atoms with van der Waals surface area (Å²) in [5, 5.41) is 11.8. The van der Waals surface area contributed by atoms with Crippen molar-refractivity contribution in [3.05, 3.63) is 6.20 Å². The largest absolute Gasteiger partial charge is 0.479 e. The van der Waals surface area contributed by atoms with Gasteiger partial charge in [0.1, 0.15) is 5.52 Å². The van der Waals surface area contributed by atoms with Crippen LogP contribution in [-0.4, -0.2) is 49.3 Å². The first-order chi connectivity index (χ1) is 11.7. The molecule has 0 aromatic carbocycles. The van der Waals surface area contributed by atoms with E-state index in [1.165, 1.54) is 11.3 Å². The van der Waals surface area contributed by atoms with Crippen LogP contribution in [0.3, 0.4) is 0 Å². The first kappa shape index (κ1) is 16.4. The number of carbonyl (C=O) groups is 1. The van der Waals surface area contributed by atoms with E-state index in [2.05, 4.69) is 20.2 Å². The smallest absolute Gasteiger partial charge is 0.241 e. The Morgan fingerprint density at radius 2 is 2.33 bits per heavy atom. The highest BCUT2D eigenvalue weighted by Crippen LogP contribution is 2.38. The monoisotopic (exact) mass is 347 g/mol. The molecule has 3 rings (SSSR count). The maximum absolute atomic E-state index is 11.8. The number of nitrogens with zero attached hydrogens (tertiary/aromatic N) is 4. The van der Waals surface area contributed by atoms with Crippen molar-refractivity contribution in [2.24, 2.45) is 0 Å². The number of amides is 1. The number of anilines is 2. The normalized spacial score (nSPS) is 14.4. The van der Waals surface area contributed by atoms with Crippen LogP contribution in [0.15, 0.2) is 6.20 Å². The number of methoxy groups -OCH3 is 1. The lowest BCUT2D eigenvalue weighted by Crippen LogP contribution is -2.36. The summed E-state index contributed by atoms with van der Waals surface area (Å²) in [7, 11) is 1.54. The van der Waals surface area contributed by atoms with Crippen LogP contribution in [0, 0.1) is 11.3 Å². The van der Waals surface area contributed by atoms with Crippen LogP contribution in [0.2, 0.25) is 0 Å². The van der Waals surface area contributed by atoms with Crippen LogP contribution >= 0.6 is 11.3 Å². The maximum Gasteiger partial charge on any atom is 0.241 e. The van der Waals surface area contributed by atoms with Crippen molar-refractivity contribution < 1.29 is 14.3 Å². The molecule has 0 saturated carbocycles. The predicted octanol–water partition coefficient (Wildman–Crippen LogP) is 1.78. The van der Waals surface area contributed by atoms with Gasteiger partial charge in [-0.25, -0.2) is 9.97 Å². The Hall–Kier alpha value is -2.44. The molecule has 0 spiro atoms. The molecule has 0 aliphatic carbocycles. The molecular weight excluding hydrogens is 330 g/mol. The van der Waals surface area contributed by atoms with E-state index in [1.807, 2.05) is 6.07 Å². The maximum atomic E-state index is 11.8. The molecule has 24 heavy (non-hydrogen) atoms. The lowest BCUT2D eigenvalue weighted by atomic mass is 10.3. The lowest BCUT2D eigenvalue weighted by molar-refractivity contribution is -0.116. The number of carbonyl (C=O) groups excluding carboxylic acids is 1. The number of rotatable bonds is 5. The summed E-state index contributed by atoms with van der Waals surface area (Å²) in [6.07, 6.45) is 2.10. The Kier molecular flexibility index (Phi) is 5.08. The van der Waals surface area contributed by atoms with Gasteiger partial charge in [0.15, 0.2) is 5.13 Å². The molecule has 3 heterocycles. The fraction of sp³-hybridized carbons (Fsp3) is 0.467. The van der Waals surface area contributed by atoms with Crippen molar-refractivity contribution in [1.82, 2.24) is 9.97 Å². The summed E-state index contributed by atoms with van der Waals surface area (Å²) >= 11 is 1.38. The third-order valence-corrected chi connectivity index (χ3v) is 4.62. The van der Waals surface area contributed by atoms with Gasteiger partial charge in [-0.1, -0.05) is 11.3 Å². The molecule has 1 fully saturated rings. The van der Waals surface area contributed by atoms with Crippen molar-refractivity contribution in [1.29, 1.82) is 5.26 Å². The Balaban J connectivity index is 1.93. The number of pyridine rings is 1. The van der Waals surface area contributed by atoms with Crippen LogP contribution in [-0.2, 0) is 9.53 Å². The van der Waals surface area contributed by atoms with Crippen molar-refractivity contribution >= 4 is 38.3 Å². The summed E-state index contributed by atoms with van der Waals surface area (Å²) < 4.78 is 11.6. The third kappa shape index (κ3) is 3.39. The number of nitriles is 1. The standard InChI is InChI=1S/C15H17N5O3S/c1-22-14-12-13(10(9-17-14)20-5-7-23-8-6-20)24-15(19-12)18-11(21)3-2-4-16/h9H,2-3,5-8H2,1H3,(H,18,19,21). The first-order valence-electron chi connectivity index (χ1n) is 7.56. The van der Waals surface area contributed by atoms with Gasteiger partial charge in [-0.2, -0.15) is 5.26 Å². The molecular formula is C15H17N5O3S. The van der Waals surface area contributed by atoms with Crippen molar-refractivity contribution in [2.75, 3.05) is 43.6 Å². The molecule has 1 saturated heterocycles. The number of hydrogen-bond acceptors (Lipinski definition) is 8. The minimum atomic E-state index is -0.226. The van der Waals surface area contributed by atoms with E-state index < -0.39 is 0 Å². The average Bonchev–Trinajstić information content (AvgIpc) is 3.03. The topological polar surface area (TPSA) is 100 Å². The number of ether oxygens (including phenoxy) is 2. The summed E-state index contributed by atoms with van der Waals surface area (Å²) in [6.45, 7) is 2.91. The van der Waals surface area contributed by atoms with E-state index in [1.54, 1.807) is 13.3 Å². The second-order valence-corrected chi connectivity index (χ2v) is 6.15. The second-order valence-electron chi connectivity index (χ2n) is 5.16. The van der Waals surface area contributed by atoms with E-state index in [0.29, 0.717) is 29.7 Å². The molecule has 126 valence electrons. The molecule has 1 aliphatic heterocycles. The Bertz CT molecular complexity index is 779. The summed E-state index contributed by atoms with van der Waals surface area (Å²) in [5.41, 5.74) is 1.59. The van der Waals surface area contributed by atoms with Crippen LogP contribution in [0.25, 0.3) is 10.2 Å². The number of fused-ring (bicyclic) bond motifs is 1. The first-order valence-corrected chi connectivity index (χ1v) is 8.37. The molecule has 2 aromatic rings. The summed E-state index contributed by atoms with van der Waals surface area (Å²) in [4.78, 5) is 22.8. The quantitative estimate of drug-likeness (QED) is 0.880. The highest BCUT2D eigenvalue weighted by molar-refractivity contribution is 7.23. The highest BCUT2D eigenvalue weighted by atomic mass is 32.1. The minimum absolute atomic E-state index is 0.151. The SMILES string of the molecule is COc1ncc(N2CCOCC2)c2sc(NC(=O)CCC#N)nc12. The Morgan fingerprint density at radius 3 is 3.04 bits per heavy atom. The van der Waals surface area contributed by atoms with Gasteiger partial charge in [-0.05, 0) is 0 Å². The number of aromatic nitrogens is 2. The zero-order chi connectivity index (χ0) is 16.9. The van der Waals surface area contributed by atoms with Gasteiger partial charge >= 0.3 is 0 Å². The predicted molar refractivity (Wildman–Crippen MR) is 90.5 cm³/mol. The van der Waals surface area contributed by atoms with E-state index in [0.717, 1.165) is 23.5 Å². The molecule has 8 nitrogen and oxygen atoms in total. The zero-order valence-electron chi connectivity index (χ0n) is 13.2. The van der Waals surface area contributed by atoms with E-state index in [9.17, 15) is 4.79 Å². The highest BCUT2D eigenvalue weighted by Gasteiger charge is 2.20. The number of thiazole rings is 1. The molecule has 0 unspecified atom stereocenters. The van der Waals surface area contributed by atoms with Crippen LogP contribution in [0.4, 0.5) is 10.8 Å². The zero-order valence-corrected chi connectivity index (χ0v) is 14.1. The minimum Gasteiger partial charge on any atom is -0.479 e. The van der Waals surface area contributed by atoms with E-state index >= 15 is 0 Å². The lowest BCUT2D eigenvalue weighted by Gasteiger charge is -2.28. The summed E-state index contributed by atoms with van der Waals surface area (Å²) in [5.74, 6) is 0.200. The van der Waals surface area contributed by atoms with Gasteiger partial charge in [0.2, 0.25) is 11.8 Å². The third-order valence-electron chi connectivity index (χ3n) is 3.62. The average molecular weight is 347 g/mol. The molecule has 0 bridgehead atoms. The van der Waals surface area contributed by atoms with Gasteiger partial charge in [-0.15, -0.1) is 0 Å². The Labute approximate surface area is 143 Å². The molecule has 0 radical (unpaired) electrons. The van der Waals surface area contributed by atoms with Crippen molar-refractivity contribution in [3.63, 3.8) is 0 Å². The number of hydrogen-bond donors (Lipinski definition) is 1. The molecule has 1 amide bonds. The fourth-order valence-electron chi connectivity index (χ4n) is 2.46. The molecule has 1 N–H and O–H groups in total. The van der Waals surface area contributed by atoms with Crippen molar-refractivity contribution in [2.45, 2.75) is 12.8 Å². The van der Waals surface area contributed by atoms with Gasteiger partial charge in [0, 0.05) is 25.9 Å².